The third kappa shape index (κ3) is 17.6. The van der Waals surface area contributed by atoms with Gasteiger partial charge in [-0.3, -0.25) is 9.97 Å². The number of nitrogen functional groups attached to an aromatic ring is 2. The molecule has 2 heterocycles. The Labute approximate surface area is 176 Å². The van der Waals surface area contributed by atoms with Gasteiger partial charge in [-0.15, -0.1) is 0 Å². The van der Waals surface area contributed by atoms with E-state index in [1.54, 1.807) is 27.7 Å². The monoisotopic (exact) mass is 430 g/mol. The van der Waals surface area contributed by atoms with Gasteiger partial charge < -0.3 is 31.5 Å². The van der Waals surface area contributed by atoms with E-state index in [4.69, 9.17) is 38.0 Å². The van der Waals surface area contributed by atoms with Gasteiger partial charge in [-0.1, -0.05) is 11.6 Å². The third-order valence-electron chi connectivity index (χ3n) is 2.94. The molecule has 0 aliphatic heterocycles. The molecule has 0 aliphatic rings. The molecule has 0 radical (unpaired) electrons. The maximum Gasteiger partial charge on any atom is 0.234 e. The van der Waals surface area contributed by atoms with Crippen molar-refractivity contribution in [3.05, 3.63) is 29.9 Å². The molecule has 2 aromatic heterocycles. The van der Waals surface area contributed by atoms with Crippen LogP contribution in [0.25, 0.3) is 0 Å². The average molecular weight is 431 g/mol. The molecule has 0 spiro atoms. The molecule has 0 amide bonds. The lowest BCUT2D eigenvalue weighted by Gasteiger charge is -2.16. The van der Waals surface area contributed by atoms with Crippen LogP contribution in [-0.4, -0.2) is 59.7 Å². The Hall–Kier alpha value is -2.27. The first-order valence-electron chi connectivity index (χ1n) is 8.81. The molecule has 7 N–H and O–H groups in total. The van der Waals surface area contributed by atoms with E-state index < -0.39 is 11.2 Å². The summed E-state index contributed by atoms with van der Waals surface area (Å²) in [5.41, 5.74) is 9.19. The highest BCUT2D eigenvalue weighted by Gasteiger charge is 2.12. The Morgan fingerprint density at radius 2 is 1.41 bits per heavy atom. The smallest absolute Gasteiger partial charge is 0.234 e. The summed E-state index contributed by atoms with van der Waals surface area (Å²) in [6.07, 6.45) is 6.78. The van der Waals surface area contributed by atoms with Gasteiger partial charge in [0, 0.05) is 13.0 Å². The molecular weight excluding hydrogens is 400 g/mol. The van der Waals surface area contributed by atoms with Crippen molar-refractivity contribution in [1.29, 1.82) is 0 Å². The zero-order valence-corrected chi connectivity index (χ0v) is 18.0. The Morgan fingerprint density at radius 3 is 1.76 bits per heavy atom. The molecule has 11 heteroatoms. The second-order valence-electron chi connectivity index (χ2n) is 7.25. The lowest BCUT2D eigenvalue weighted by Crippen LogP contribution is -2.22. The molecule has 0 atom stereocenters. The molecule has 0 saturated heterocycles. The van der Waals surface area contributed by atoms with E-state index in [1.165, 1.54) is 24.8 Å². The molecule has 0 saturated carbocycles. The van der Waals surface area contributed by atoms with E-state index >= 15 is 0 Å². The van der Waals surface area contributed by atoms with Gasteiger partial charge in [0.05, 0.1) is 42.6 Å². The Balaban J connectivity index is 0.000000444. The van der Waals surface area contributed by atoms with E-state index in [-0.39, 0.29) is 6.61 Å². The summed E-state index contributed by atoms with van der Waals surface area (Å²) in [5.74, 6) is 1.05. The van der Waals surface area contributed by atoms with Crippen LogP contribution in [0.1, 0.15) is 40.5 Å². The standard InChI is InChI=1S/C9H15N3O2.C5H12O2.C4H4ClN3/c1-9(2,13)3-4-14-8-6-11-5-7(10)12-8;1-5(2,7)3-4-6;5-3-1-7-2-4(6)8-3/h5-6,13H,3-4H2,1-2H3,(H2,10,12);6-7H,3-4H2,1-2H3;1-2H,(H2,6,8). The molecular formula is C18H31ClN6O4. The van der Waals surface area contributed by atoms with Crippen LogP contribution in [-0.2, 0) is 0 Å². The normalized spacial score (nSPS) is 10.9. The summed E-state index contributed by atoms with van der Waals surface area (Å²) in [7, 11) is 0. The van der Waals surface area contributed by atoms with Gasteiger partial charge in [0.15, 0.2) is 0 Å². The Kier molecular flexibility index (Phi) is 12.0. The van der Waals surface area contributed by atoms with Crippen molar-refractivity contribution < 1.29 is 20.1 Å². The fourth-order valence-electron chi connectivity index (χ4n) is 1.47. The van der Waals surface area contributed by atoms with E-state index in [9.17, 15) is 5.11 Å². The van der Waals surface area contributed by atoms with Crippen LogP contribution in [0.3, 0.4) is 0 Å². The van der Waals surface area contributed by atoms with Gasteiger partial charge >= 0.3 is 0 Å². The number of aliphatic hydroxyl groups excluding tert-OH is 1. The summed E-state index contributed by atoms with van der Waals surface area (Å²) < 4.78 is 5.25. The number of aromatic nitrogens is 4. The first kappa shape index (κ1) is 26.7. The van der Waals surface area contributed by atoms with Gasteiger partial charge in [-0.25, -0.2) is 4.98 Å². The van der Waals surface area contributed by atoms with Crippen LogP contribution in [0, 0.1) is 0 Å². The number of anilines is 2. The number of halogens is 1. The van der Waals surface area contributed by atoms with Crippen molar-refractivity contribution in [3.63, 3.8) is 0 Å². The number of rotatable bonds is 6. The predicted molar refractivity (Wildman–Crippen MR) is 112 cm³/mol. The van der Waals surface area contributed by atoms with Gasteiger partial charge in [0.25, 0.3) is 0 Å². The lowest BCUT2D eigenvalue weighted by molar-refractivity contribution is 0.0513. The predicted octanol–water partition coefficient (Wildman–Crippen LogP) is 1.45. The molecule has 0 unspecified atom stereocenters. The minimum Gasteiger partial charge on any atom is -0.476 e. The van der Waals surface area contributed by atoms with Crippen LogP contribution in [0.2, 0.25) is 5.15 Å². The Bertz CT molecular complexity index is 690. The topological polar surface area (TPSA) is 174 Å². The first-order valence-corrected chi connectivity index (χ1v) is 9.19. The highest BCUT2D eigenvalue weighted by molar-refractivity contribution is 6.29. The number of hydrogen-bond donors (Lipinski definition) is 5. The molecule has 0 bridgehead atoms. The summed E-state index contributed by atoms with van der Waals surface area (Å²) in [4.78, 5) is 15.0. The second kappa shape index (κ2) is 13.0. The molecule has 0 aliphatic carbocycles. The van der Waals surface area contributed by atoms with E-state index in [0.29, 0.717) is 42.1 Å². The zero-order chi connectivity index (χ0) is 22.5. The van der Waals surface area contributed by atoms with E-state index in [2.05, 4.69) is 19.9 Å². The molecule has 164 valence electrons. The number of aliphatic hydroxyl groups is 3. The first-order chi connectivity index (χ1) is 13.3. The lowest BCUT2D eigenvalue weighted by atomic mass is 10.1. The molecule has 0 aromatic carbocycles. The highest BCUT2D eigenvalue weighted by Crippen LogP contribution is 2.10. The van der Waals surface area contributed by atoms with Gasteiger partial charge in [-0.2, -0.15) is 4.98 Å². The Morgan fingerprint density at radius 1 is 0.897 bits per heavy atom. The van der Waals surface area contributed by atoms with Crippen molar-refractivity contribution in [2.45, 2.75) is 51.7 Å². The number of nitrogens with two attached hydrogens (primary N) is 2. The van der Waals surface area contributed by atoms with Gasteiger partial charge in [0.1, 0.15) is 16.8 Å². The number of nitrogens with zero attached hydrogens (tertiary/aromatic N) is 4. The summed E-state index contributed by atoms with van der Waals surface area (Å²) in [6.45, 7) is 7.24. The van der Waals surface area contributed by atoms with Crippen LogP contribution in [0.15, 0.2) is 24.8 Å². The van der Waals surface area contributed by atoms with Crippen LogP contribution >= 0.6 is 11.6 Å². The SMILES string of the molecule is CC(C)(O)CCO.CC(C)(O)CCOc1cncc(N)n1.Nc1cncc(Cl)n1. The van der Waals surface area contributed by atoms with Crippen molar-refractivity contribution in [3.8, 4) is 5.88 Å². The largest absolute Gasteiger partial charge is 0.476 e. The summed E-state index contributed by atoms with van der Waals surface area (Å²) in [5, 5.41) is 26.8. The summed E-state index contributed by atoms with van der Waals surface area (Å²) >= 11 is 5.39. The van der Waals surface area contributed by atoms with Gasteiger partial charge in [0.2, 0.25) is 5.88 Å². The van der Waals surface area contributed by atoms with Crippen molar-refractivity contribution in [2.24, 2.45) is 0 Å². The maximum absolute atomic E-state index is 9.41. The minimum absolute atomic E-state index is 0.0590. The molecule has 10 nitrogen and oxygen atoms in total. The van der Waals surface area contributed by atoms with E-state index in [0.717, 1.165) is 0 Å². The molecule has 2 rings (SSSR count). The summed E-state index contributed by atoms with van der Waals surface area (Å²) in [6, 6.07) is 0. The van der Waals surface area contributed by atoms with Crippen LogP contribution < -0.4 is 16.2 Å². The van der Waals surface area contributed by atoms with Crippen molar-refractivity contribution >= 4 is 23.2 Å². The fourth-order valence-corrected chi connectivity index (χ4v) is 1.62. The minimum atomic E-state index is -0.728. The quantitative estimate of drug-likeness (QED) is 0.451. The molecule has 29 heavy (non-hydrogen) atoms. The van der Waals surface area contributed by atoms with E-state index in [1.807, 2.05) is 0 Å². The number of ether oxygens (including phenoxy) is 1. The van der Waals surface area contributed by atoms with Crippen LogP contribution in [0.4, 0.5) is 11.6 Å². The zero-order valence-electron chi connectivity index (χ0n) is 17.2. The molecule has 2 aromatic rings. The van der Waals surface area contributed by atoms with Crippen molar-refractivity contribution in [1.82, 2.24) is 19.9 Å². The highest BCUT2D eigenvalue weighted by atomic mass is 35.5. The van der Waals surface area contributed by atoms with Crippen molar-refractivity contribution in [2.75, 3.05) is 24.7 Å². The number of hydrogen-bond acceptors (Lipinski definition) is 10. The van der Waals surface area contributed by atoms with Crippen LogP contribution in [0.5, 0.6) is 5.88 Å². The third-order valence-corrected chi connectivity index (χ3v) is 3.12. The van der Waals surface area contributed by atoms with Gasteiger partial charge in [-0.05, 0) is 34.1 Å². The second-order valence-corrected chi connectivity index (χ2v) is 7.63. The fraction of sp³-hybridized carbons (Fsp3) is 0.556. The maximum atomic E-state index is 9.41. The molecule has 0 fully saturated rings. The average Bonchev–Trinajstić information content (AvgIpc) is 2.53.